The van der Waals surface area contributed by atoms with Crippen LogP contribution in [0.4, 0.5) is 4.39 Å². The highest BCUT2D eigenvalue weighted by molar-refractivity contribution is 7.88. The molecule has 1 saturated heterocycles. The molecule has 1 fully saturated rings. The van der Waals surface area contributed by atoms with Crippen molar-refractivity contribution in [3.8, 4) is 5.88 Å². The van der Waals surface area contributed by atoms with Gasteiger partial charge in [-0.3, -0.25) is 0 Å². The van der Waals surface area contributed by atoms with Crippen LogP contribution in [0.2, 0.25) is 0 Å². The molecule has 0 amide bonds. The molecular formula is C17H19FN2O3S. The van der Waals surface area contributed by atoms with Gasteiger partial charge in [0, 0.05) is 18.8 Å². The van der Waals surface area contributed by atoms with E-state index < -0.39 is 10.0 Å². The van der Waals surface area contributed by atoms with Gasteiger partial charge in [0.15, 0.2) is 0 Å². The highest BCUT2D eigenvalue weighted by Gasteiger charge is 2.32. The van der Waals surface area contributed by atoms with Crippen molar-refractivity contribution in [1.29, 1.82) is 0 Å². The Kier molecular flexibility index (Phi) is 4.82. The lowest BCUT2D eigenvalue weighted by molar-refractivity contribution is 0.207. The number of aryl methyl sites for hydroxylation is 1. The van der Waals surface area contributed by atoms with Crippen molar-refractivity contribution in [2.75, 3.05) is 13.1 Å². The summed E-state index contributed by atoms with van der Waals surface area (Å²) in [5.74, 6) is -0.0113. The van der Waals surface area contributed by atoms with E-state index in [2.05, 4.69) is 4.98 Å². The summed E-state index contributed by atoms with van der Waals surface area (Å²) >= 11 is 0. The lowest BCUT2D eigenvalue weighted by atomic mass is 10.2. The quantitative estimate of drug-likeness (QED) is 0.831. The van der Waals surface area contributed by atoms with Crippen LogP contribution in [0.5, 0.6) is 5.88 Å². The number of pyridine rings is 1. The molecule has 0 radical (unpaired) electrons. The number of aromatic nitrogens is 1. The van der Waals surface area contributed by atoms with Crippen molar-refractivity contribution in [3.63, 3.8) is 0 Å². The van der Waals surface area contributed by atoms with Crippen LogP contribution in [0.25, 0.3) is 0 Å². The molecule has 2 aromatic rings. The fourth-order valence-electron chi connectivity index (χ4n) is 2.62. The Balaban J connectivity index is 1.61. The smallest absolute Gasteiger partial charge is 0.218 e. The summed E-state index contributed by atoms with van der Waals surface area (Å²) in [6, 6.07) is 9.21. The number of rotatable bonds is 5. The highest BCUT2D eigenvalue weighted by atomic mass is 32.2. The molecule has 5 nitrogen and oxygen atoms in total. The first-order valence-corrected chi connectivity index (χ1v) is 9.35. The van der Waals surface area contributed by atoms with Gasteiger partial charge in [0.05, 0.1) is 12.3 Å². The zero-order valence-electron chi connectivity index (χ0n) is 13.4. The average molecular weight is 350 g/mol. The average Bonchev–Trinajstić information content (AvgIpc) is 3.01. The number of hydrogen-bond donors (Lipinski definition) is 0. The minimum Gasteiger partial charge on any atom is -0.473 e. The van der Waals surface area contributed by atoms with Gasteiger partial charge >= 0.3 is 0 Å². The van der Waals surface area contributed by atoms with E-state index in [0.717, 1.165) is 5.56 Å². The summed E-state index contributed by atoms with van der Waals surface area (Å²) in [5.41, 5.74) is 1.61. The summed E-state index contributed by atoms with van der Waals surface area (Å²) in [6.07, 6.45) is 2.13. The highest BCUT2D eigenvalue weighted by Crippen LogP contribution is 2.21. The number of nitrogens with zero attached hydrogens (tertiary/aromatic N) is 2. The zero-order chi connectivity index (χ0) is 17.2. The van der Waals surface area contributed by atoms with Crippen molar-refractivity contribution < 1.29 is 17.5 Å². The molecule has 1 aromatic heterocycles. The SMILES string of the molecule is Cc1ccc(OC2CCN(S(=O)(=O)Cc3ccc(F)cc3)C2)nc1. The van der Waals surface area contributed by atoms with Gasteiger partial charge in [-0.15, -0.1) is 0 Å². The number of hydrogen-bond acceptors (Lipinski definition) is 4. The monoisotopic (exact) mass is 350 g/mol. The first-order valence-electron chi connectivity index (χ1n) is 7.74. The molecule has 0 spiro atoms. The Morgan fingerprint density at radius 1 is 1.25 bits per heavy atom. The van der Waals surface area contributed by atoms with Gasteiger partial charge in [-0.25, -0.2) is 17.8 Å². The van der Waals surface area contributed by atoms with Crippen LogP contribution in [-0.4, -0.2) is 36.9 Å². The summed E-state index contributed by atoms with van der Waals surface area (Å²) in [4.78, 5) is 4.18. The third-order valence-electron chi connectivity index (χ3n) is 3.94. The molecule has 0 aliphatic carbocycles. The van der Waals surface area contributed by atoms with Crippen molar-refractivity contribution in [2.45, 2.75) is 25.2 Å². The fourth-order valence-corrected chi connectivity index (χ4v) is 4.20. The Labute approximate surface area is 141 Å². The second-order valence-corrected chi connectivity index (χ2v) is 7.91. The predicted molar refractivity (Wildman–Crippen MR) is 88.6 cm³/mol. The van der Waals surface area contributed by atoms with Crippen molar-refractivity contribution in [3.05, 3.63) is 59.5 Å². The molecule has 0 saturated carbocycles. The molecule has 1 aliphatic rings. The van der Waals surface area contributed by atoms with Crippen LogP contribution in [0.3, 0.4) is 0 Å². The maximum atomic E-state index is 12.9. The molecule has 2 heterocycles. The Morgan fingerprint density at radius 3 is 2.67 bits per heavy atom. The van der Waals surface area contributed by atoms with Crippen LogP contribution < -0.4 is 4.74 Å². The minimum absolute atomic E-state index is 0.136. The molecule has 1 aliphatic heterocycles. The van der Waals surface area contributed by atoms with Gasteiger partial charge in [-0.2, -0.15) is 4.31 Å². The molecular weight excluding hydrogens is 331 g/mol. The summed E-state index contributed by atoms with van der Waals surface area (Å²) < 4.78 is 45.1. The second-order valence-electron chi connectivity index (χ2n) is 5.94. The third-order valence-corrected chi connectivity index (χ3v) is 5.75. The molecule has 0 bridgehead atoms. The van der Waals surface area contributed by atoms with Crippen LogP contribution in [0.15, 0.2) is 42.6 Å². The lowest BCUT2D eigenvalue weighted by Gasteiger charge is -2.17. The van der Waals surface area contributed by atoms with Crippen molar-refractivity contribution >= 4 is 10.0 Å². The second kappa shape index (κ2) is 6.86. The summed E-state index contributed by atoms with van der Waals surface area (Å²) in [5, 5.41) is 0. The van der Waals surface area contributed by atoms with Crippen molar-refractivity contribution in [2.24, 2.45) is 0 Å². The van der Waals surface area contributed by atoms with E-state index in [-0.39, 0.29) is 17.7 Å². The Bertz CT molecular complexity index is 792. The number of ether oxygens (including phenoxy) is 1. The van der Waals surface area contributed by atoms with E-state index in [1.54, 1.807) is 12.3 Å². The molecule has 1 unspecified atom stereocenters. The van der Waals surface area contributed by atoms with E-state index in [0.29, 0.717) is 31.0 Å². The fraction of sp³-hybridized carbons (Fsp3) is 0.353. The Hall–Kier alpha value is -1.99. The summed E-state index contributed by atoms with van der Waals surface area (Å²) in [7, 11) is -3.45. The molecule has 0 N–H and O–H groups in total. The molecule has 24 heavy (non-hydrogen) atoms. The molecule has 7 heteroatoms. The van der Waals surface area contributed by atoms with Gasteiger partial charge in [0.2, 0.25) is 15.9 Å². The first-order chi connectivity index (χ1) is 11.4. The Morgan fingerprint density at radius 2 is 2.00 bits per heavy atom. The first kappa shape index (κ1) is 16.9. The standard InChI is InChI=1S/C17H19FN2O3S/c1-13-2-7-17(19-10-13)23-16-8-9-20(11-16)24(21,22)12-14-3-5-15(18)6-4-14/h2-7,10,16H,8-9,11-12H2,1H3. The van der Waals surface area contributed by atoms with Crippen LogP contribution in [0.1, 0.15) is 17.5 Å². The number of sulfonamides is 1. The van der Waals surface area contributed by atoms with E-state index in [9.17, 15) is 12.8 Å². The number of halogens is 1. The van der Waals surface area contributed by atoms with Gasteiger partial charge < -0.3 is 4.74 Å². The maximum Gasteiger partial charge on any atom is 0.218 e. The zero-order valence-corrected chi connectivity index (χ0v) is 14.2. The molecule has 3 rings (SSSR count). The van der Waals surface area contributed by atoms with Crippen LogP contribution in [-0.2, 0) is 15.8 Å². The van der Waals surface area contributed by atoms with E-state index in [1.807, 2.05) is 13.0 Å². The third kappa shape index (κ3) is 4.10. The lowest BCUT2D eigenvalue weighted by Crippen LogP contribution is -2.32. The normalized spacial score (nSPS) is 18.7. The van der Waals surface area contributed by atoms with Crippen molar-refractivity contribution in [1.82, 2.24) is 9.29 Å². The van der Waals surface area contributed by atoms with E-state index >= 15 is 0 Å². The largest absolute Gasteiger partial charge is 0.473 e. The van der Waals surface area contributed by atoms with Gasteiger partial charge in [-0.1, -0.05) is 18.2 Å². The minimum atomic E-state index is -3.45. The van der Waals surface area contributed by atoms with Gasteiger partial charge in [0.1, 0.15) is 11.9 Å². The van der Waals surface area contributed by atoms with Crippen LogP contribution >= 0.6 is 0 Å². The number of benzene rings is 1. The van der Waals surface area contributed by atoms with E-state index in [1.165, 1.54) is 28.6 Å². The van der Waals surface area contributed by atoms with Gasteiger partial charge in [-0.05, 0) is 36.6 Å². The topological polar surface area (TPSA) is 59.5 Å². The van der Waals surface area contributed by atoms with Crippen LogP contribution in [0, 0.1) is 12.7 Å². The van der Waals surface area contributed by atoms with Gasteiger partial charge in [0.25, 0.3) is 0 Å². The molecule has 1 atom stereocenters. The molecule has 1 aromatic carbocycles. The molecule has 128 valence electrons. The van der Waals surface area contributed by atoms with E-state index in [4.69, 9.17) is 4.74 Å². The maximum absolute atomic E-state index is 12.9. The summed E-state index contributed by atoms with van der Waals surface area (Å²) in [6.45, 7) is 2.66. The predicted octanol–water partition coefficient (Wildman–Crippen LogP) is 2.51.